The normalized spacial score (nSPS) is 10.9. The van der Waals surface area contributed by atoms with Crippen molar-refractivity contribution in [3.8, 4) is 0 Å². The Morgan fingerprint density at radius 3 is 1.87 bits per heavy atom. The molecular formula is C19H38BrNO2. The highest BCUT2D eigenvalue weighted by Crippen LogP contribution is 2.11. The number of halogens is 1. The van der Waals surface area contributed by atoms with E-state index >= 15 is 0 Å². The summed E-state index contributed by atoms with van der Waals surface area (Å²) in [6, 6.07) is 0. The van der Waals surface area contributed by atoms with Gasteiger partial charge in [0.15, 0.2) is 0 Å². The van der Waals surface area contributed by atoms with Gasteiger partial charge in [-0.05, 0) is 12.8 Å². The average molecular weight is 392 g/mol. The molecule has 23 heavy (non-hydrogen) atoms. The molecular weight excluding hydrogens is 354 g/mol. The lowest BCUT2D eigenvalue weighted by atomic mass is 10.1. The lowest BCUT2D eigenvalue weighted by Crippen LogP contribution is -3.00. The second-order valence-electron chi connectivity index (χ2n) is 6.94. The van der Waals surface area contributed by atoms with E-state index in [9.17, 15) is 4.79 Å². The molecule has 0 saturated heterocycles. The van der Waals surface area contributed by atoms with Crippen LogP contribution in [0, 0.1) is 0 Å². The fourth-order valence-corrected chi connectivity index (χ4v) is 2.59. The summed E-state index contributed by atoms with van der Waals surface area (Å²) in [5.41, 5.74) is 0. The summed E-state index contributed by atoms with van der Waals surface area (Å²) in [5.74, 6) is -0.320. The predicted molar refractivity (Wildman–Crippen MR) is 94.8 cm³/mol. The maximum Gasteiger partial charge on any atom is 0.330 e. The molecule has 0 saturated carbocycles. The molecule has 0 aliphatic heterocycles. The smallest absolute Gasteiger partial charge is 0.330 e. The van der Waals surface area contributed by atoms with Crippen molar-refractivity contribution in [2.45, 2.75) is 71.1 Å². The lowest BCUT2D eigenvalue weighted by Gasteiger charge is -2.29. The summed E-state index contributed by atoms with van der Waals surface area (Å²) < 4.78 is 5.97. The van der Waals surface area contributed by atoms with Crippen LogP contribution in [-0.2, 0) is 9.53 Å². The Kier molecular flexibility index (Phi) is 17.9. The molecule has 0 amide bonds. The first-order valence-electron chi connectivity index (χ1n) is 9.13. The molecule has 4 heteroatoms. The van der Waals surface area contributed by atoms with Crippen LogP contribution in [-0.4, -0.2) is 44.2 Å². The summed E-state index contributed by atoms with van der Waals surface area (Å²) >= 11 is 0. The number of hydrogen-bond acceptors (Lipinski definition) is 2. The van der Waals surface area contributed by atoms with Crippen LogP contribution in [0.5, 0.6) is 0 Å². The molecule has 0 heterocycles. The first-order valence-corrected chi connectivity index (χ1v) is 9.13. The third kappa shape index (κ3) is 17.8. The molecule has 0 fully saturated rings. The number of likely N-dealkylation sites (N-methyl/N-ethyl adjacent to an activating group) is 1. The lowest BCUT2D eigenvalue weighted by molar-refractivity contribution is -0.890. The minimum atomic E-state index is -0.320. The maximum absolute atomic E-state index is 11.0. The van der Waals surface area contributed by atoms with Crippen LogP contribution in [0.25, 0.3) is 0 Å². The number of esters is 1. The standard InChI is InChI=1S/C19H38NO2.BrH/c1-5-7-8-9-10-11-12-13-14-15-16-20(3,4)17-18-22-19(21)6-2;/h6H,2,5,7-18H2,1,3-4H3;1H/q+1;/p-1. The number of carbonyl (C=O) groups excluding carboxylic acids is 1. The van der Waals surface area contributed by atoms with Crippen molar-refractivity contribution >= 4 is 5.97 Å². The SMILES string of the molecule is C=CC(=O)OCC[N+](C)(C)CCCCCCCCCCCC.[Br-]. The van der Waals surface area contributed by atoms with Gasteiger partial charge in [0.05, 0.1) is 20.6 Å². The van der Waals surface area contributed by atoms with Crippen molar-refractivity contribution in [2.75, 3.05) is 33.8 Å². The number of ether oxygens (including phenoxy) is 1. The number of carbonyl (C=O) groups is 1. The molecule has 0 aromatic rings. The van der Waals surface area contributed by atoms with Crippen molar-refractivity contribution in [2.24, 2.45) is 0 Å². The Morgan fingerprint density at radius 2 is 1.39 bits per heavy atom. The topological polar surface area (TPSA) is 26.3 Å². The van der Waals surface area contributed by atoms with Crippen LogP contribution < -0.4 is 17.0 Å². The fourth-order valence-electron chi connectivity index (χ4n) is 2.59. The minimum absolute atomic E-state index is 0. The molecule has 0 rings (SSSR count). The minimum Gasteiger partial charge on any atom is -1.00 e. The molecule has 0 atom stereocenters. The summed E-state index contributed by atoms with van der Waals surface area (Å²) in [5, 5.41) is 0. The Balaban J connectivity index is 0. The Bertz CT molecular complexity index is 293. The van der Waals surface area contributed by atoms with E-state index in [4.69, 9.17) is 4.74 Å². The molecule has 0 bridgehead atoms. The maximum atomic E-state index is 11.0. The van der Waals surface area contributed by atoms with Gasteiger partial charge in [-0.25, -0.2) is 4.79 Å². The summed E-state index contributed by atoms with van der Waals surface area (Å²) in [6.07, 6.45) is 14.9. The second kappa shape index (κ2) is 16.5. The Morgan fingerprint density at radius 1 is 0.913 bits per heavy atom. The molecule has 0 aromatic carbocycles. The summed E-state index contributed by atoms with van der Waals surface area (Å²) in [6.45, 7) is 8.18. The summed E-state index contributed by atoms with van der Waals surface area (Å²) in [7, 11) is 4.41. The monoisotopic (exact) mass is 391 g/mol. The van der Waals surface area contributed by atoms with Gasteiger partial charge in [-0.3, -0.25) is 0 Å². The van der Waals surface area contributed by atoms with Gasteiger partial charge < -0.3 is 26.2 Å². The van der Waals surface area contributed by atoms with Crippen LogP contribution in [0.3, 0.4) is 0 Å². The molecule has 0 N–H and O–H groups in total. The van der Waals surface area contributed by atoms with Gasteiger partial charge >= 0.3 is 5.97 Å². The van der Waals surface area contributed by atoms with E-state index < -0.39 is 0 Å². The molecule has 0 spiro atoms. The third-order valence-electron chi connectivity index (χ3n) is 4.22. The predicted octanol–water partition coefficient (Wildman–Crippen LogP) is 1.72. The molecule has 0 aliphatic carbocycles. The van der Waals surface area contributed by atoms with Gasteiger partial charge in [0, 0.05) is 6.08 Å². The van der Waals surface area contributed by atoms with Gasteiger partial charge in [-0.1, -0.05) is 64.9 Å². The van der Waals surface area contributed by atoms with Crippen LogP contribution in [0.2, 0.25) is 0 Å². The van der Waals surface area contributed by atoms with Crippen molar-refractivity contribution < 1.29 is 31.0 Å². The van der Waals surface area contributed by atoms with Gasteiger partial charge in [-0.15, -0.1) is 0 Å². The molecule has 0 aliphatic rings. The van der Waals surface area contributed by atoms with Crippen LogP contribution in [0.15, 0.2) is 12.7 Å². The van der Waals surface area contributed by atoms with E-state index in [2.05, 4.69) is 27.6 Å². The average Bonchev–Trinajstić information content (AvgIpc) is 2.48. The highest BCUT2D eigenvalue weighted by Gasteiger charge is 2.14. The Hall–Kier alpha value is -0.350. The number of hydrogen-bond donors (Lipinski definition) is 0. The zero-order valence-electron chi connectivity index (χ0n) is 15.6. The van der Waals surface area contributed by atoms with Crippen molar-refractivity contribution in [1.29, 1.82) is 0 Å². The van der Waals surface area contributed by atoms with Crippen LogP contribution >= 0.6 is 0 Å². The van der Waals surface area contributed by atoms with Gasteiger partial charge in [0.25, 0.3) is 0 Å². The van der Waals surface area contributed by atoms with E-state index in [1.807, 2.05) is 0 Å². The highest BCUT2D eigenvalue weighted by molar-refractivity contribution is 5.81. The summed E-state index contributed by atoms with van der Waals surface area (Å²) in [4.78, 5) is 11.0. The van der Waals surface area contributed by atoms with Gasteiger partial charge in [0.1, 0.15) is 13.2 Å². The highest BCUT2D eigenvalue weighted by atomic mass is 79.9. The van der Waals surface area contributed by atoms with Crippen molar-refractivity contribution in [3.63, 3.8) is 0 Å². The zero-order valence-corrected chi connectivity index (χ0v) is 17.2. The Labute approximate surface area is 154 Å². The molecule has 0 radical (unpaired) electrons. The van der Waals surface area contributed by atoms with Crippen molar-refractivity contribution in [1.82, 2.24) is 0 Å². The quantitative estimate of drug-likeness (QED) is 0.184. The zero-order chi connectivity index (χ0) is 16.7. The van der Waals surface area contributed by atoms with E-state index in [1.54, 1.807) is 0 Å². The van der Waals surface area contributed by atoms with Crippen LogP contribution in [0.1, 0.15) is 71.1 Å². The second-order valence-corrected chi connectivity index (χ2v) is 6.94. The third-order valence-corrected chi connectivity index (χ3v) is 4.22. The fraction of sp³-hybridized carbons (Fsp3) is 0.842. The number of unbranched alkanes of at least 4 members (excludes halogenated alkanes) is 9. The molecule has 0 unspecified atom stereocenters. The van der Waals surface area contributed by atoms with Gasteiger partial charge in [0.2, 0.25) is 0 Å². The number of nitrogens with zero attached hydrogens (tertiary/aromatic N) is 1. The number of quaternary nitrogens is 1. The van der Waals surface area contributed by atoms with E-state index in [0.717, 1.165) is 17.6 Å². The van der Waals surface area contributed by atoms with Gasteiger partial charge in [-0.2, -0.15) is 0 Å². The van der Waals surface area contributed by atoms with E-state index in [-0.39, 0.29) is 23.0 Å². The van der Waals surface area contributed by atoms with Crippen LogP contribution in [0.4, 0.5) is 0 Å². The molecule has 0 aromatic heterocycles. The van der Waals surface area contributed by atoms with E-state index in [0.29, 0.717) is 6.61 Å². The van der Waals surface area contributed by atoms with Crippen molar-refractivity contribution in [3.05, 3.63) is 12.7 Å². The van der Waals surface area contributed by atoms with E-state index in [1.165, 1.54) is 70.3 Å². The molecule has 138 valence electrons. The first kappa shape index (κ1) is 24.9. The first-order chi connectivity index (χ1) is 10.5. The largest absolute Gasteiger partial charge is 1.00 e. The molecule has 3 nitrogen and oxygen atoms in total. The number of rotatable bonds is 15.